The van der Waals surface area contributed by atoms with Crippen LogP contribution in [0.2, 0.25) is 0 Å². The lowest BCUT2D eigenvalue weighted by Gasteiger charge is -2.27. The molecule has 0 aromatic carbocycles. The standard InChI is InChI=1S/C16H21N5O2S/c1-12-9-13(2)21(19-12)11-15(22)18-17-10-14-3-4-16(24-14)20-5-7-23-8-6-20/h3-4,9-10H,5-8,11H2,1-2H3,(H,18,22)/b17-10+. The first kappa shape index (κ1) is 16.7. The molecule has 1 aliphatic rings. The average Bonchev–Trinajstić information content (AvgIpc) is 3.15. The Bertz CT molecular complexity index is 731. The third-order valence-electron chi connectivity index (χ3n) is 3.71. The predicted octanol–water partition coefficient (Wildman–Crippen LogP) is 1.55. The fourth-order valence-corrected chi connectivity index (χ4v) is 3.47. The maximum Gasteiger partial charge on any atom is 0.261 e. The third-order valence-corrected chi connectivity index (χ3v) is 4.79. The fraction of sp³-hybridized carbons (Fsp3) is 0.438. The van der Waals surface area contributed by atoms with Crippen molar-refractivity contribution in [2.45, 2.75) is 20.4 Å². The Morgan fingerprint density at radius 1 is 1.42 bits per heavy atom. The molecule has 1 fully saturated rings. The van der Waals surface area contributed by atoms with Crippen molar-refractivity contribution in [2.75, 3.05) is 31.2 Å². The van der Waals surface area contributed by atoms with Crippen LogP contribution in [-0.2, 0) is 16.1 Å². The van der Waals surface area contributed by atoms with Gasteiger partial charge in [-0.15, -0.1) is 11.3 Å². The first-order chi connectivity index (χ1) is 11.6. The highest BCUT2D eigenvalue weighted by molar-refractivity contribution is 7.17. The average molecular weight is 347 g/mol. The number of morpholine rings is 1. The summed E-state index contributed by atoms with van der Waals surface area (Å²) in [5, 5.41) is 9.50. The molecule has 0 atom stereocenters. The minimum atomic E-state index is -0.192. The van der Waals surface area contributed by atoms with Gasteiger partial charge >= 0.3 is 0 Å². The zero-order valence-electron chi connectivity index (χ0n) is 13.9. The minimum absolute atomic E-state index is 0.167. The van der Waals surface area contributed by atoms with Gasteiger partial charge in [0.25, 0.3) is 5.91 Å². The van der Waals surface area contributed by atoms with Crippen molar-refractivity contribution in [3.8, 4) is 0 Å². The van der Waals surface area contributed by atoms with E-state index in [1.54, 1.807) is 22.2 Å². The molecule has 1 amide bonds. The van der Waals surface area contributed by atoms with Crippen molar-refractivity contribution >= 4 is 28.5 Å². The van der Waals surface area contributed by atoms with Crippen molar-refractivity contribution in [1.29, 1.82) is 0 Å². The summed E-state index contributed by atoms with van der Waals surface area (Å²) in [5.74, 6) is -0.192. The van der Waals surface area contributed by atoms with Crippen molar-refractivity contribution in [3.63, 3.8) is 0 Å². The van der Waals surface area contributed by atoms with E-state index in [0.717, 1.165) is 42.6 Å². The summed E-state index contributed by atoms with van der Waals surface area (Å²) >= 11 is 1.65. The number of nitrogens with one attached hydrogen (secondary N) is 1. The second-order valence-electron chi connectivity index (χ2n) is 5.65. The Morgan fingerprint density at radius 3 is 2.92 bits per heavy atom. The number of nitrogens with zero attached hydrogens (tertiary/aromatic N) is 4. The number of ether oxygens (including phenoxy) is 1. The summed E-state index contributed by atoms with van der Waals surface area (Å²) in [6, 6.07) is 6.02. The molecule has 24 heavy (non-hydrogen) atoms. The zero-order valence-corrected chi connectivity index (χ0v) is 14.7. The number of carbonyl (C=O) groups is 1. The fourth-order valence-electron chi connectivity index (χ4n) is 2.54. The van der Waals surface area contributed by atoms with Crippen LogP contribution in [-0.4, -0.2) is 48.2 Å². The molecule has 1 saturated heterocycles. The van der Waals surface area contributed by atoms with Crippen LogP contribution >= 0.6 is 11.3 Å². The summed E-state index contributed by atoms with van der Waals surface area (Å²) in [6.45, 7) is 7.36. The lowest BCUT2D eigenvalue weighted by atomic mass is 10.4. The van der Waals surface area contributed by atoms with E-state index in [4.69, 9.17) is 4.74 Å². The number of rotatable bonds is 5. The second kappa shape index (κ2) is 7.59. The lowest BCUT2D eigenvalue weighted by molar-refractivity contribution is -0.121. The van der Waals surface area contributed by atoms with E-state index in [0.29, 0.717) is 0 Å². The van der Waals surface area contributed by atoms with Crippen LogP contribution in [0.3, 0.4) is 0 Å². The Morgan fingerprint density at radius 2 is 2.21 bits per heavy atom. The van der Waals surface area contributed by atoms with Gasteiger partial charge in [-0.3, -0.25) is 9.48 Å². The number of hydrazone groups is 1. The molecule has 1 N–H and O–H groups in total. The molecule has 0 bridgehead atoms. The van der Waals surface area contributed by atoms with E-state index in [1.165, 1.54) is 5.00 Å². The van der Waals surface area contributed by atoms with Crippen LogP contribution in [0.15, 0.2) is 23.3 Å². The number of hydrogen-bond acceptors (Lipinski definition) is 6. The molecule has 7 nitrogen and oxygen atoms in total. The summed E-state index contributed by atoms with van der Waals surface area (Å²) in [7, 11) is 0. The Balaban J connectivity index is 1.51. The highest BCUT2D eigenvalue weighted by atomic mass is 32.1. The van der Waals surface area contributed by atoms with Gasteiger partial charge in [-0.2, -0.15) is 10.2 Å². The number of thiophene rings is 1. The molecular formula is C16H21N5O2S. The molecule has 0 unspecified atom stereocenters. The molecule has 128 valence electrons. The van der Waals surface area contributed by atoms with Crippen LogP contribution in [0.1, 0.15) is 16.3 Å². The van der Waals surface area contributed by atoms with Gasteiger partial charge in [0.2, 0.25) is 0 Å². The first-order valence-corrected chi connectivity index (χ1v) is 8.69. The van der Waals surface area contributed by atoms with E-state index in [9.17, 15) is 4.79 Å². The molecule has 0 radical (unpaired) electrons. The molecule has 0 saturated carbocycles. The summed E-state index contributed by atoms with van der Waals surface area (Å²) < 4.78 is 7.03. The van der Waals surface area contributed by atoms with Gasteiger partial charge in [0, 0.05) is 23.7 Å². The topological polar surface area (TPSA) is 71.8 Å². The summed E-state index contributed by atoms with van der Waals surface area (Å²) in [5.41, 5.74) is 4.41. The number of anilines is 1. The monoisotopic (exact) mass is 347 g/mol. The first-order valence-electron chi connectivity index (χ1n) is 7.87. The largest absolute Gasteiger partial charge is 0.378 e. The van der Waals surface area contributed by atoms with E-state index >= 15 is 0 Å². The highest BCUT2D eigenvalue weighted by Gasteiger charge is 2.12. The van der Waals surface area contributed by atoms with E-state index in [1.807, 2.05) is 26.0 Å². The van der Waals surface area contributed by atoms with E-state index < -0.39 is 0 Å². The number of carbonyl (C=O) groups excluding carboxylic acids is 1. The van der Waals surface area contributed by atoms with Crippen molar-refractivity contribution in [2.24, 2.45) is 5.10 Å². The van der Waals surface area contributed by atoms with Gasteiger partial charge in [0.05, 0.1) is 30.1 Å². The van der Waals surface area contributed by atoms with Crippen LogP contribution in [0.4, 0.5) is 5.00 Å². The van der Waals surface area contributed by atoms with Gasteiger partial charge in [0.1, 0.15) is 6.54 Å². The zero-order chi connectivity index (χ0) is 16.9. The molecule has 1 aliphatic heterocycles. The normalized spacial score (nSPS) is 15.2. The number of hydrogen-bond donors (Lipinski definition) is 1. The van der Waals surface area contributed by atoms with Gasteiger partial charge in [-0.1, -0.05) is 0 Å². The molecule has 3 rings (SSSR count). The molecular weight excluding hydrogens is 326 g/mol. The maximum absolute atomic E-state index is 11.9. The molecule has 0 spiro atoms. The minimum Gasteiger partial charge on any atom is -0.378 e. The maximum atomic E-state index is 11.9. The third kappa shape index (κ3) is 4.21. The van der Waals surface area contributed by atoms with Gasteiger partial charge in [0.15, 0.2) is 0 Å². The van der Waals surface area contributed by atoms with Crippen LogP contribution in [0.25, 0.3) is 0 Å². The predicted molar refractivity (Wildman–Crippen MR) is 94.8 cm³/mol. The summed E-state index contributed by atoms with van der Waals surface area (Å²) in [4.78, 5) is 15.2. The molecule has 8 heteroatoms. The number of aromatic nitrogens is 2. The lowest BCUT2D eigenvalue weighted by Crippen LogP contribution is -2.35. The second-order valence-corrected chi connectivity index (χ2v) is 6.75. The quantitative estimate of drug-likeness (QED) is 0.658. The van der Waals surface area contributed by atoms with Crippen molar-refractivity contribution < 1.29 is 9.53 Å². The summed E-state index contributed by atoms with van der Waals surface area (Å²) in [6.07, 6.45) is 1.67. The Hall–Kier alpha value is -2.19. The molecule has 2 aromatic heterocycles. The number of amides is 1. The van der Waals surface area contributed by atoms with Gasteiger partial charge < -0.3 is 9.64 Å². The van der Waals surface area contributed by atoms with Gasteiger partial charge in [-0.05, 0) is 32.0 Å². The number of aryl methyl sites for hydroxylation is 2. The van der Waals surface area contributed by atoms with E-state index in [-0.39, 0.29) is 12.5 Å². The van der Waals surface area contributed by atoms with Gasteiger partial charge in [-0.25, -0.2) is 5.43 Å². The molecule has 0 aliphatic carbocycles. The van der Waals surface area contributed by atoms with Crippen molar-refractivity contribution in [3.05, 3.63) is 34.5 Å². The van der Waals surface area contributed by atoms with E-state index in [2.05, 4.69) is 26.6 Å². The van der Waals surface area contributed by atoms with Crippen LogP contribution in [0, 0.1) is 13.8 Å². The van der Waals surface area contributed by atoms with Crippen LogP contribution in [0.5, 0.6) is 0 Å². The van der Waals surface area contributed by atoms with Crippen molar-refractivity contribution in [1.82, 2.24) is 15.2 Å². The molecule has 2 aromatic rings. The Labute approximate surface area is 144 Å². The molecule has 3 heterocycles. The SMILES string of the molecule is Cc1cc(C)n(CC(=O)N/N=C/c2ccc(N3CCOCC3)s2)n1. The smallest absolute Gasteiger partial charge is 0.261 e. The van der Waals surface area contributed by atoms with Crippen LogP contribution < -0.4 is 10.3 Å². The highest BCUT2D eigenvalue weighted by Crippen LogP contribution is 2.25. The Kier molecular flexibility index (Phi) is 5.27.